The Morgan fingerprint density at radius 1 is 0.967 bits per heavy atom. The summed E-state index contributed by atoms with van der Waals surface area (Å²) in [7, 11) is -4.04. The molecule has 162 valence electrons. The molecule has 0 radical (unpaired) electrons. The Morgan fingerprint density at radius 3 is 2.20 bits per heavy atom. The number of benzene rings is 2. The molecule has 0 spiro atoms. The van der Waals surface area contributed by atoms with E-state index in [-0.39, 0.29) is 39.9 Å². The topological polar surface area (TPSA) is 128 Å². The maximum Gasteiger partial charge on any atom is 0.265 e. The molecule has 0 aliphatic carbocycles. The zero-order valence-corrected chi connectivity index (χ0v) is 18.0. The highest BCUT2D eigenvalue weighted by molar-refractivity contribution is 7.94. The molecule has 30 heavy (non-hydrogen) atoms. The van der Waals surface area contributed by atoms with Crippen molar-refractivity contribution in [2.24, 2.45) is 0 Å². The number of anilines is 2. The van der Waals surface area contributed by atoms with Gasteiger partial charge in [0.2, 0.25) is 15.9 Å². The molecule has 0 atom stereocenters. The van der Waals surface area contributed by atoms with E-state index in [2.05, 4.69) is 4.72 Å². The third-order valence-electron chi connectivity index (χ3n) is 4.40. The summed E-state index contributed by atoms with van der Waals surface area (Å²) < 4.78 is 69.1. The summed E-state index contributed by atoms with van der Waals surface area (Å²) in [5, 5.41) is 0. The second-order valence-electron chi connectivity index (χ2n) is 6.23. The van der Waals surface area contributed by atoms with Crippen LogP contribution in [0.25, 0.3) is 0 Å². The van der Waals surface area contributed by atoms with Gasteiger partial charge in [-0.2, -0.15) is 0 Å². The maximum absolute atomic E-state index is 13.1. The summed E-state index contributed by atoms with van der Waals surface area (Å²) in [4.78, 5) is 11.7. The highest BCUT2D eigenvalue weighted by Gasteiger charge is 2.37. The molecule has 1 fully saturated rings. The summed E-state index contributed by atoms with van der Waals surface area (Å²) in [6.45, 7) is 0. The molecule has 0 aromatic heterocycles. The first-order chi connectivity index (χ1) is 14.1. The van der Waals surface area contributed by atoms with Gasteiger partial charge in [-0.05, 0) is 30.3 Å². The van der Waals surface area contributed by atoms with Crippen LogP contribution in [0.2, 0.25) is 0 Å². The van der Waals surface area contributed by atoms with Crippen molar-refractivity contribution in [1.29, 1.82) is 0 Å². The fourth-order valence-corrected chi connectivity index (χ4v) is 5.67. The Labute approximate surface area is 174 Å². The monoisotopic (exact) mass is 456 g/mol. The molecule has 0 unspecified atom stereocenters. The molecule has 1 N–H and O–H groups in total. The number of carbonyl (C=O) groups excluding carboxylic acids is 1. The summed E-state index contributed by atoms with van der Waals surface area (Å²) in [5.41, 5.74) is 0.0189. The van der Waals surface area contributed by atoms with Crippen LogP contribution >= 0.6 is 0 Å². The van der Waals surface area contributed by atoms with E-state index in [1.165, 1.54) is 45.6 Å². The molecule has 1 aliphatic heterocycles. The van der Waals surface area contributed by atoms with Crippen LogP contribution < -0.4 is 23.2 Å². The minimum Gasteiger partial charge on any atom is -0.497 e. The smallest absolute Gasteiger partial charge is 0.265 e. The van der Waals surface area contributed by atoms with Gasteiger partial charge in [-0.1, -0.05) is 0 Å². The molecule has 1 saturated heterocycles. The van der Waals surface area contributed by atoms with Gasteiger partial charge >= 0.3 is 0 Å². The number of nitrogens with zero attached hydrogens (tertiary/aromatic N) is 1. The largest absolute Gasteiger partial charge is 0.497 e. The number of ether oxygens (including phenoxy) is 3. The third kappa shape index (κ3) is 4.00. The molecule has 3 rings (SSSR count). The van der Waals surface area contributed by atoms with Gasteiger partial charge in [-0.15, -0.1) is 0 Å². The van der Waals surface area contributed by atoms with Crippen LogP contribution in [0.4, 0.5) is 11.4 Å². The summed E-state index contributed by atoms with van der Waals surface area (Å²) in [6.07, 6.45) is -0.171. The quantitative estimate of drug-likeness (QED) is 0.665. The van der Waals surface area contributed by atoms with Gasteiger partial charge in [0, 0.05) is 12.5 Å². The summed E-state index contributed by atoms with van der Waals surface area (Å²) in [6, 6.07) is 8.23. The molecule has 1 aliphatic rings. The van der Waals surface area contributed by atoms with Gasteiger partial charge in [0.05, 0.1) is 38.5 Å². The van der Waals surface area contributed by atoms with E-state index in [0.29, 0.717) is 10.1 Å². The molecular weight excluding hydrogens is 436 g/mol. The predicted molar refractivity (Wildman–Crippen MR) is 109 cm³/mol. The molecule has 0 saturated carbocycles. The minimum absolute atomic E-state index is 0.0304. The van der Waals surface area contributed by atoms with Crippen molar-refractivity contribution in [3.8, 4) is 17.2 Å². The lowest BCUT2D eigenvalue weighted by Crippen LogP contribution is -2.29. The predicted octanol–water partition coefficient (Wildman–Crippen LogP) is 1.58. The van der Waals surface area contributed by atoms with Crippen molar-refractivity contribution >= 4 is 37.3 Å². The van der Waals surface area contributed by atoms with E-state index in [4.69, 9.17) is 14.2 Å². The maximum atomic E-state index is 13.1. The number of sulfonamides is 2. The van der Waals surface area contributed by atoms with Gasteiger partial charge in [0.25, 0.3) is 10.0 Å². The minimum atomic E-state index is -4.26. The van der Waals surface area contributed by atoms with Crippen LogP contribution in [0.15, 0.2) is 41.3 Å². The number of hydrogen-bond donors (Lipinski definition) is 1. The molecule has 0 bridgehead atoms. The van der Waals surface area contributed by atoms with Crippen molar-refractivity contribution in [2.75, 3.05) is 36.1 Å². The van der Waals surface area contributed by atoms with E-state index in [9.17, 15) is 21.6 Å². The number of rotatable bonds is 7. The highest BCUT2D eigenvalue weighted by Crippen LogP contribution is 2.36. The Hall–Kier alpha value is -2.99. The second kappa shape index (κ2) is 8.03. The molecule has 10 nitrogen and oxygen atoms in total. The Kier molecular flexibility index (Phi) is 5.81. The average Bonchev–Trinajstić information content (AvgIpc) is 2.99. The average molecular weight is 456 g/mol. The number of hydrogen-bond acceptors (Lipinski definition) is 8. The van der Waals surface area contributed by atoms with E-state index in [1.807, 2.05) is 0 Å². The van der Waals surface area contributed by atoms with Crippen molar-refractivity contribution in [3.63, 3.8) is 0 Å². The lowest BCUT2D eigenvalue weighted by atomic mass is 10.3. The molecule has 12 heteroatoms. The van der Waals surface area contributed by atoms with Gasteiger partial charge in [0.15, 0.2) is 0 Å². The van der Waals surface area contributed by atoms with Crippen LogP contribution in [-0.2, 0) is 24.8 Å². The van der Waals surface area contributed by atoms with Crippen LogP contribution in [0, 0.1) is 0 Å². The number of amides is 1. The Morgan fingerprint density at radius 2 is 1.63 bits per heavy atom. The summed E-state index contributed by atoms with van der Waals surface area (Å²) in [5.74, 6) is -0.364. The molecule has 1 heterocycles. The van der Waals surface area contributed by atoms with Crippen LogP contribution in [0.5, 0.6) is 17.2 Å². The normalized spacial score (nSPS) is 15.7. The van der Waals surface area contributed by atoms with Crippen molar-refractivity contribution < 1.29 is 35.8 Å². The summed E-state index contributed by atoms with van der Waals surface area (Å²) >= 11 is 0. The third-order valence-corrected chi connectivity index (χ3v) is 7.48. The fourth-order valence-electron chi connectivity index (χ4n) is 2.96. The second-order valence-corrected chi connectivity index (χ2v) is 9.82. The number of carbonyl (C=O) groups is 1. The first kappa shape index (κ1) is 21.7. The zero-order valence-electron chi connectivity index (χ0n) is 16.4. The van der Waals surface area contributed by atoms with Crippen LogP contribution in [-0.4, -0.2) is 49.8 Å². The molecule has 1 amide bonds. The first-order valence-electron chi connectivity index (χ1n) is 8.61. The van der Waals surface area contributed by atoms with Crippen molar-refractivity contribution in [2.45, 2.75) is 11.3 Å². The lowest BCUT2D eigenvalue weighted by Gasteiger charge is -2.18. The molecular formula is C18H20N2O8S2. The Balaban J connectivity index is 2.09. The fraction of sp³-hybridized carbons (Fsp3) is 0.278. The van der Waals surface area contributed by atoms with Gasteiger partial charge in [0.1, 0.15) is 22.1 Å². The lowest BCUT2D eigenvalue weighted by molar-refractivity contribution is -0.116. The van der Waals surface area contributed by atoms with Gasteiger partial charge in [-0.3, -0.25) is 9.52 Å². The Bertz CT molecular complexity index is 1190. The standard InChI is InChI=1S/C18H20N2O8S2/c1-26-13-5-7-15(27-2)14(11-13)19-30(24,25)17-10-12(4-6-16(17)28-3)20-18(21)8-9-29(20,22)23/h4-7,10-11,19H,8-9H2,1-3H3. The number of methoxy groups -OCH3 is 3. The van der Waals surface area contributed by atoms with Crippen molar-refractivity contribution in [1.82, 2.24) is 0 Å². The van der Waals surface area contributed by atoms with Gasteiger partial charge in [-0.25, -0.2) is 21.1 Å². The van der Waals surface area contributed by atoms with Crippen molar-refractivity contribution in [3.05, 3.63) is 36.4 Å². The SMILES string of the molecule is COc1ccc(OC)c(NS(=O)(=O)c2cc(N3C(=O)CCS3(=O)=O)ccc2OC)c1. The molecule has 2 aromatic carbocycles. The highest BCUT2D eigenvalue weighted by atomic mass is 32.2. The van der Waals surface area contributed by atoms with Gasteiger partial charge < -0.3 is 14.2 Å². The van der Waals surface area contributed by atoms with E-state index < -0.39 is 26.0 Å². The van der Waals surface area contributed by atoms with Crippen LogP contribution in [0.1, 0.15) is 6.42 Å². The first-order valence-corrected chi connectivity index (χ1v) is 11.7. The number of nitrogens with one attached hydrogen (secondary N) is 1. The zero-order chi connectivity index (χ0) is 22.1. The van der Waals surface area contributed by atoms with E-state index >= 15 is 0 Å². The molecule has 2 aromatic rings. The van der Waals surface area contributed by atoms with Crippen LogP contribution in [0.3, 0.4) is 0 Å². The van der Waals surface area contributed by atoms with E-state index in [0.717, 1.165) is 6.07 Å². The van der Waals surface area contributed by atoms with E-state index in [1.54, 1.807) is 6.07 Å².